The van der Waals surface area contributed by atoms with E-state index in [4.69, 9.17) is 0 Å². The highest BCUT2D eigenvalue weighted by molar-refractivity contribution is 5.71. The first-order chi connectivity index (χ1) is 18.8. The highest BCUT2D eigenvalue weighted by Gasteiger charge is 2.40. The molecule has 1 aliphatic carbocycles. The van der Waals surface area contributed by atoms with Gasteiger partial charge in [0.05, 0.1) is 17.0 Å². The van der Waals surface area contributed by atoms with E-state index >= 15 is 0 Å². The summed E-state index contributed by atoms with van der Waals surface area (Å²) in [5.74, 6) is -0.736. The average molecular weight is 569 g/mol. The third-order valence-corrected chi connectivity index (χ3v) is 8.94. The van der Waals surface area contributed by atoms with Gasteiger partial charge in [-0.05, 0) is 110 Å². The number of piperidine rings is 1. The van der Waals surface area contributed by atoms with Gasteiger partial charge < -0.3 is 10.4 Å². The number of carboxylic acids is 1. The number of aliphatic carboxylic acids is 1. The fourth-order valence-corrected chi connectivity index (χ4v) is 6.67. The first-order valence-corrected chi connectivity index (χ1v) is 13.9. The molecule has 40 heavy (non-hydrogen) atoms. The Morgan fingerprint density at radius 2 is 1.70 bits per heavy atom. The summed E-state index contributed by atoms with van der Waals surface area (Å²) in [4.78, 5) is 13.6. The lowest BCUT2D eigenvalue weighted by Gasteiger charge is -2.39. The minimum absolute atomic E-state index is 0.0393. The van der Waals surface area contributed by atoms with Crippen LogP contribution in [0.15, 0.2) is 36.4 Å². The molecule has 2 aliphatic heterocycles. The summed E-state index contributed by atoms with van der Waals surface area (Å²) in [6.45, 7) is 3.33. The molecule has 3 atom stereocenters. The van der Waals surface area contributed by atoms with Gasteiger partial charge in [-0.15, -0.1) is 0 Å². The Morgan fingerprint density at radius 3 is 2.30 bits per heavy atom. The van der Waals surface area contributed by atoms with E-state index in [1.165, 1.54) is 11.1 Å². The molecule has 0 bridgehead atoms. The molecule has 2 heterocycles. The zero-order valence-corrected chi connectivity index (χ0v) is 22.3. The molecular weight excluding hydrogens is 534 g/mol. The number of carboxylic acid groups (broad SMARTS) is 1. The van der Waals surface area contributed by atoms with E-state index in [9.17, 15) is 36.2 Å². The minimum Gasteiger partial charge on any atom is -0.481 e. The number of rotatable bonds is 7. The quantitative estimate of drug-likeness (QED) is 0.352. The summed E-state index contributed by atoms with van der Waals surface area (Å²) in [5.41, 5.74) is 0.982. The summed E-state index contributed by atoms with van der Waals surface area (Å²) in [6, 6.07) is 8.05. The number of fused-ring (bicyclic) bond motifs is 1. The maximum absolute atomic E-state index is 13.6. The van der Waals surface area contributed by atoms with Gasteiger partial charge in [-0.25, -0.2) is 0 Å². The summed E-state index contributed by atoms with van der Waals surface area (Å²) < 4.78 is 80.4. The van der Waals surface area contributed by atoms with Crippen molar-refractivity contribution in [1.82, 2.24) is 10.2 Å². The van der Waals surface area contributed by atoms with Gasteiger partial charge in [0.1, 0.15) is 0 Å². The molecule has 2 N–H and O–H groups in total. The van der Waals surface area contributed by atoms with Gasteiger partial charge in [-0.3, -0.25) is 9.69 Å². The number of alkyl halides is 6. The van der Waals surface area contributed by atoms with Gasteiger partial charge in [0.2, 0.25) is 0 Å². The van der Waals surface area contributed by atoms with Crippen molar-refractivity contribution in [3.05, 3.63) is 69.8 Å². The van der Waals surface area contributed by atoms with Crippen LogP contribution in [-0.4, -0.2) is 35.6 Å². The van der Waals surface area contributed by atoms with Crippen LogP contribution >= 0.6 is 0 Å². The van der Waals surface area contributed by atoms with Crippen molar-refractivity contribution in [2.24, 2.45) is 17.8 Å². The standard InChI is InChI=1S/C30H34F6N2O2/c1-17(28(39)40)26(19-3-4-19)21-5-2-18-8-11-37-27(24(18)15-21)20-9-12-38(13-10-20)16-22-14-23(29(31,32)33)6-7-25(22)30(34,35)36/h2,5-7,14-15,17,19-20,26-27,37H,3-4,8-13,16H2,1H3,(H,39,40)/t17-,26-,27?/m0/s1. The summed E-state index contributed by atoms with van der Waals surface area (Å²) in [6.07, 6.45) is -5.14. The zero-order valence-electron chi connectivity index (χ0n) is 22.3. The monoisotopic (exact) mass is 568 g/mol. The highest BCUT2D eigenvalue weighted by Crippen LogP contribution is 2.48. The van der Waals surface area contributed by atoms with Crippen LogP contribution in [0.3, 0.4) is 0 Å². The molecule has 1 saturated carbocycles. The van der Waals surface area contributed by atoms with E-state index in [0.29, 0.717) is 50.0 Å². The van der Waals surface area contributed by atoms with Crippen LogP contribution in [0, 0.1) is 17.8 Å². The lowest BCUT2D eigenvalue weighted by molar-refractivity contribution is -0.142. The molecule has 0 radical (unpaired) electrons. The normalized spacial score (nSPS) is 22.5. The van der Waals surface area contributed by atoms with Crippen LogP contribution in [0.5, 0.6) is 0 Å². The van der Waals surface area contributed by atoms with Crippen LogP contribution in [0.1, 0.15) is 77.9 Å². The van der Waals surface area contributed by atoms with Crippen molar-refractivity contribution in [1.29, 1.82) is 0 Å². The first-order valence-electron chi connectivity index (χ1n) is 13.9. The van der Waals surface area contributed by atoms with Crippen LogP contribution in [0.4, 0.5) is 26.3 Å². The largest absolute Gasteiger partial charge is 0.481 e. The molecule has 3 aliphatic rings. The van der Waals surface area contributed by atoms with E-state index in [2.05, 4.69) is 23.5 Å². The van der Waals surface area contributed by atoms with Gasteiger partial charge in [0.25, 0.3) is 0 Å². The summed E-state index contributed by atoms with van der Waals surface area (Å²) >= 11 is 0. The Bertz CT molecular complexity index is 1230. The number of halogens is 6. The Kier molecular flexibility index (Phi) is 7.96. The number of likely N-dealkylation sites (tertiary alicyclic amines) is 1. The number of hydrogen-bond donors (Lipinski definition) is 2. The topological polar surface area (TPSA) is 52.6 Å². The van der Waals surface area contributed by atoms with E-state index < -0.39 is 35.4 Å². The molecule has 4 nitrogen and oxygen atoms in total. The lowest BCUT2D eigenvalue weighted by atomic mass is 9.77. The van der Waals surface area contributed by atoms with Crippen molar-refractivity contribution in [2.75, 3.05) is 19.6 Å². The van der Waals surface area contributed by atoms with Crippen molar-refractivity contribution in [2.45, 2.75) is 69.9 Å². The molecule has 1 unspecified atom stereocenters. The second-order valence-electron chi connectivity index (χ2n) is 11.6. The van der Waals surface area contributed by atoms with Crippen LogP contribution in [0.2, 0.25) is 0 Å². The average Bonchev–Trinajstić information content (AvgIpc) is 3.73. The van der Waals surface area contributed by atoms with E-state index in [0.717, 1.165) is 31.4 Å². The number of carbonyl (C=O) groups is 1. The Balaban J connectivity index is 1.31. The van der Waals surface area contributed by atoms with E-state index in [-0.39, 0.29) is 30.0 Å². The predicted molar refractivity (Wildman–Crippen MR) is 138 cm³/mol. The third kappa shape index (κ3) is 6.17. The zero-order chi connectivity index (χ0) is 28.8. The summed E-state index contributed by atoms with van der Waals surface area (Å²) in [7, 11) is 0. The molecule has 2 aromatic rings. The van der Waals surface area contributed by atoms with Crippen molar-refractivity contribution < 1.29 is 36.2 Å². The van der Waals surface area contributed by atoms with E-state index in [1.807, 2.05) is 0 Å². The van der Waals surface area contributed by atoms with Crippen LogP contribution in [0.25, 0.3) is 0 Å². The highest BCUT2D eigenvalue weighted by atomic mass is 19.4. The van der Waals surface area contributed by atoms with Crippen molar-refractivity contribution in [3.8, 4) is 0 Å². The molecule has 10 heteroatoms. The number of nitrogens with zero attached hydrogens (tertiary/aromatic N) is 1. The molecule has 5 rings (SSSR count). The molecule has 0 amide bonds. The fourth-order valence-electron chi connectivity index (χ4n) is 6.67. The van der Waals surface area contributed by atoms with Gasteiger partial charge >= 0.3 is 18.3 Å². The molecule has 2 fully saturated rings. The fraction of sp³-hybridized carbons (Fsp3) is 0.567. The lowest BCUT2D eigenvalue weighted by Crippen LogP contribution is -2.41. The van der Waals surface area contributed by atoms with Crippen LogP contribution < -0.4 is 5.32 Å². The van der Waals surface area contributed by atoms with Gasteiger partial charge in [-0.2, -0.15) is 26.3 Å². The maximum Gasteiger partial charge on any atom is 0.416 e. The van der Waals surface area contributed by atoms with E-state index in [1.54, 1.807) is 11.8 Å². The Hall–Kier alpha value is -2.59. The first kappa shape index (κ1) is 28.9. The summed E-state index contributed by atoms with van der Waals surface area (Å²) in [5, 5.41) is 13.3. The Labute approximate surface area is 229 Å². The van der Waals surface area contributed by atoms with Gasteiger partial charge in [0, 0.05) is 12.6 Å². The molecule has 0 spiro atoms. The number of benzene rings is 2. The second kappa shape index (κ2) is 11.0. The SMILES string of the molecule is C[C@H](C(=O)O)[C@H](c1ccc2c(c1)C(C1CCN(Cc3cc(C(F)(F)F)ccc3C(F)(F)F)CC1)NCC2)C1CC1. The maximum atomic E-state index is 13.6. The van der Waals surface area contributed by atoms with Crippen molar-refractivity contribution in [3.63, 3.8) is 0 Å². The van der Waals surface area contributed by atoms with Crippen molar-refractivity contribution >= 4 is 5.97 Å². The minimum atomic E-state index is -4.73. The second-order valence-corrected chi connectivity index (χ2v) is 11.6. The Morgan fingerprint density at radius 1 is 1.00 bits per heavy atom. The number of hydrogen-bond acceptors (Lipinski definition) is 3. The van der Waals surface area contributed by atoms with Gasteiger partial charge in [-0.1, -0.05) is 25.1 Å². The smallest absolute Gasteiger partial charge is 0.416 e. The molecule has 0 aromatic heterocycles. The third-order valence-electron chi connectivity index (χ3n) is 8.94. The predicted octanol–water partition coefficient (Wildman–Crippen LogP) is 7.04. The molecule has 2 aromatic carbocycles. The number of nitrogens with one attached hydrogen (secondary N) is 1. The van der Waals surface area contributed by atoms with Gasteiger partial charge in [0.15, 0.2) is 0 Å². The molecule has 218 valence electrons. The molecule has 1 saturated heterocycles. The molecular formula is C30H34F6N2O2. The van der Waals surface area contributed by atoms with Crippen LogP contribution in [-0.2, 0) is 30.1 Å².